The zero-order valence-electron chi connectivity index (χ0n) is 8.08. The van der Waals surface area contributed by atoms with Gasteiger partial charge in [0, 0.05) is 6.54 Å². The second-order valence-electron chi connectivity index (χ2n) is 2.58. The van der Waals surface area contributed by atoms with E-state index < -0.39 is 5.97 Å². The Morgan fingerprint density at radius 2 is 2.29 bits per heavy atom. The van der Waals surface area contributed by atoms with Gasteiger partial charge in [-0.15, -0.1) is 0 Å². The minimum absolute atomic E-state index is 0.150. The molecule has 0 aliphatic rings. The van der Waals surface area contributed by atoms with Gasteiger partial charge in [-0.05, 0) is 13.8 Å². The molecule has 0 amide bonds. The molecule has 0 atom stereocenters. The Morgan fingerprint density at radius 3 is 2.79 bits per heavy atom. The summed E-state index contributed by atoms with van der Waals surface area (Å²) in [5, 5.41) is 4.05. The fourth-order valence-corrected chi connectivity index (χ4v) is 1.29. The van der Waals surface area contributed by atoms with Crippen LogP contribution in [-0.4, -0.2) is 22.4 Å². The summed E-state index contributed by atoms with van der Waals surface area (Å²) in [6.45, 7) is 4.38. The largest absolute Gasteiger partial charge is 0.461 e. The summed E-state index contributed by atoms with van der Waals surface area (Å²) in [5.74, 6) is -0.347. The summed E-state index contributed by atoms with van der Waals surface area (Å²) in [6, 6.07) is 0. The highest BCUT2D eigenvalue weighted by Crippen LogP contribution is 2.23. The van der Waals surface area contributed by atoms with Gasteiger partial charge in [0.2, 0.25) is 0 Å². The van der Waals surface area contributed by atoms with Crippen LogP contribution >= 0.6 is 11.6 Å². The summed E-state index contributed by atoms with van der Waals surface area (Å²) in [7, 11) is 0. The standard InChI is InChI=1S/C8H12ClN3O2/c1-3-12-6(8(13)14-4-2)5(9)7(10)11-12/h3-4H2,1-2H3,(H2,10,11). The van der Waals surface area contributed by atoms with Crippen LogP contribution in [0.25, 0.3) is 0 Å². The van der Waals surface area contributed by atoms with Gasteiger partial charge < -0.3 is 10.5 Å². The number of esters is 1. The minimum atomic E-state index is -0.497. The number of hydrogen-bond donors (Lipinski definition) is 1. The Hall–Kier alpha value is -1.23. The van der Waals surface area contributed by atoms with Gasteiger partial charge in [-0.1, -0.05) is 11.6 Å². The molecule has 2 N–H and O–H groups in total. The van der Waals surface area contributed by atoms with Crippen molar-refractivity contribution < 1.29 is 9.53 Å². The van der Waals surface area contributed by atoms with Gasteiger partial charge in [-0.3, -0.25) is 4.68 Å². The molecule has 0 fully saturated rings. The van der Waals surface area contributed by atoms with Gasteiger partial charge in [0.15, 0.2) is 11.5 Å². The van der Waals surface area contributed by atoms with Crippen molar-refractivity contribution >= 4 is 23.4 Å². The topological polar surface area (TPSA) is 70.1 Å². The number of nitrogens with zero attached hydrogens (tertiary/aromatic N) is 2. The number of ether oxygens (including phenoxy) is 1. The smallest absolute Gasteiger partial charge is 0.358 e. The number of anilines is 1. The summed E-state index contributed by atoms with van der Waals surface area (Å²) < 4.78 is 6.25. The molecule has 0 aromatic carbocycles. The summed E-state index contributed by atoms with van der Waals surface area (Å²) in [4.78, 5) is 11.4. The summed E-state index contributed by atoms with van der Waals surface area (Å²) in [6.07, 6.45) is 0. The van der Waals surface area contributed by atoms with Gasteiger partial charge in [0.1, 0.15) is 5.02 Å². The van der Waals surface area contributed by atoms with Gasteiger partial charge in [0.05, 0.1) is 6.61 Å². The third-order valence-corrected chi connectivity index (χ3v) is 2.06. The van der Waals surface area contributed by atoms with E-state index in [1.807, 2.05) is 6.92 Å². The lowest BCUT2D eigenvalue weighted by Crippen LogP contribution is -2.12. The van der Waals surface area contributed by atoms with Crippen molar-refractivity contribution in [2.24, 2.45) is 0 Å². The Bertz CT molecular complexity index is 349. The number of rotatable bonds is 3. The molecule has 1 aromatic heterocycles. The third-order valence-electron chi connectivity index (χ3n) is 1.69. The first-order valence-electron chi connectivity index (χ1n) is 4.30. The molecule has 14 heavy (non-hydrogen) atoms. The van der Waals surface area contributed by atoms with Crippen LogP contribution in [0, 0.1) is 0 Å². The van der Waals surface area contributed by atoms with E-state index >= 15 is 0 Å². The van der Waals surface area contributed by atoms with Crippen molar-refractivity contribution in [1.82, 2.24) is 9.78 Å². The monoisotopic (exact) mass is 217 g/mol. The second-order valence-corrected chi connectivity index (χ2v) is 2.96. The zero-order valence-corrected chi connectivity index (χ0v) is 8.84. The van der Waals surface area contributed by atoms with Crippen LogP contribution in [-0.2, 0) is 11.3 Å². The van der Waals surface area contributed by atoms with E-state index in [4.69, 9.17) is 22.1 Å². The number of carbonyl (C=O) groups excluding carboxylic acids is 1. The highest BCUT2D eigenvalue weighted by Gasteiger charge is 2.21. The molecule has 1 rings (SSSR count). The Morgan fingerprint density at radius 1 is 1.64 bits per heavy atom. The van der Waals surface area contributed by atoms with Crippen LogP contribution < -0.4 is 5.73 Å². The minimum Gasteiger partial charge on any atom is -0.461 e. The fourth-order valence-electron chi connectivity index (χ4n) is 1.08. The Kier molecular flexibility index (Phi) is 3.35. The summed E-state index contributed by atoms with van der Waals surface area (Å²) in [5.41, 5.74) is 5.70. The van der Waals surface area contributed by atoms with Crippen molar-refractivity contribution in [1.29, 1.82) is 0 Å². The molecule has 6 heteroatoms. The molecule has 0 aliphatic heterocycles. The number of carbonyl (C=O) groups is 1. The number of aromatic nitrogens is 2. The molecule has 0 radical (unpaired) electrons. The van der Waals surface area contributed by atoms with Gasteiger partial charge in [-0.2, -0.15) is 5.10 Å². The SMILES string of the molecule is CCOC(=O)c1c(Cl)c(N)nn1CC. The molecule has 0 aliphatic carbocycles. The van der Waals surface area contributed by atoms with Crippen LogP contribution in [0.3, 0.4) is 0 Å². The van der Waals surface area contributed by atoms with Crippen molar-refractivity contribution in [3.8, 4) is 0 Å². The maximum absolute atomic E-state index is 11.4. The number of halogens is 1. The van der Waals surface area contributed by atoms with Gasteiger partial charge in [0.25, 0.3) is 0 Å². The van der Waals surface area contributed by atoms with Crippen LogP contribution in [0.15, 0.2) is 0 Å². The lowest BCUT2D eigenvalue weighted by molar-refractivity contribution is 0.0512. The zero-order chi connectivity index (χ0) is 10.7. The number of hydrogen-bond acceptors (Lipinski definition) is 4. The van der Waals surface area contributed by atoms with E-state index in [2.05, 4.69) is 5.10 Å². The van der Waals surface area contributed by atoms with Crippen molar-refractivity contribution in [2.45, 2.75) is 20.4 Å². The van der Waals surface area contributed by atoms with Crippen LogP contribution in [0.4, 0.5) is 5.82 Å². The molecule has 1 aromatic rings. The van der Waals surface area contributed by atoms with Crippen LogP contribution in [0.2, 0.25) is 5.02 Å². The average Bonchev–Trinajstić information content (AvgIpc) is 2.43. The summed E-state index contributed by atoms with van der Waals surface area (Å²) >= 11 is 5.81. The Balaban J connectivity index is 3.10. The first kappa shape index (κ1) is 10.8. The molecule has 0 saturated heterocycles. The lowest BCUT2D eigenvalue weighted by Gasteiger charge is -2.03. The second kappa shape index (κ2) is 4.32. The molecular weight excluding hydrogens is 206 g/mol. The normalized spacial score (nSPS) is 10.2. The van der Waals surface area contributed by atoms with Crippen molar-refractivity contribution in [3.05, 3.63) is 10.7 Å². The molecule has 78 valence electrons. The number of nitrogen functional groups attached to an aromatic ring is 1. The molecule has 0 spiro atoms. The van der Waals surface area contributed by atoms with Crippen LogP contribution in [0.1, 0.15) is 24.3 Å². The average molecular weight is 218 g/mol. The van der Waals surface area contributed by atoms with E-state index in [0.29, 0.717) is 13.2 Å². The van der Waals surface area contributed by atoms with E-state index in [9.17, 15) is 4.79 Å². The molecule has 5 nitrogen and oxygen atoms in total. The lowest BCUT2D eigenvalue weighted by atomic mass is 10.4. The van der Waals surface area contributed by atoms with Gasteiger partial charge >= 0.3 is 5.97 Å². The van der Waals surface area contributed by atoms with E-state index in [1.54, 1.807) is 6.92 Å². The van der Waals surface area contributed by atoms with Gasteiger partial charge in [-0.25, -0.2) is 4.79 Å². The molecule has 0 saturated carbocycles. The predicted octanol–water partition coefficient (Wildman–Crippen LogP) is 1.32. The molecular formula is C8H12ClN3O2. The van der Waals surface area contributed by atoms with E-state index in [-0.39, 0.29) is 16.5 Å². The maximum Gasteiger partial charge on any atom is 0.358 e. The number of nitrogens with two attached hydrogens (primary N) is 1. The first-order chi connectivity index (χ1) is 6.61. The van der Waals surface area contributed by atoms with E-state index in [1.165, 1.54) is 4.68 Å². The fraction of sp³-hybridized carbons (Fsp3) is 0.500. The molecule has 0 bridgehead atoms. The number of aryl methyl sites for hydroxylation is 1. The van der Waals surface area contributed by atoms with Crippen molar-refractivity contribution in [2.75, 3.05) is 12.3 Å². The van der Waals surface area contributed by atoms with Crippen LogP contribution in [0.5, 0.6) is 0 Å². The molecule has 1 heterocycles. The van der Waals surface area contributed by atoms with E-state index in [0.717, 1.165) is 0 Å². The maximum atomic E-state index is 11.4. The highest BCUT2D eigenvalue weighted by atomic mass is 35.5. The quantitative estimate of drug-likeness (QED) is 0.776. The Labute approximate surface area is 86.8 Å². The highest BCUT2D eigenvalue weighted by molar-refractivity contribution is 6.35. The first-order valence-corrected chi connectivity index (χ1v) is 4.68. The molecule has 0 unspecified atom stereocenters. The third kappa shape index (κ3) is 1.82. The van der Waals surface area contributed by atoms with Crippen molar-refractivity contribution in [3.63, 3.8) is 0 Å². The predicted molar refractivity (Wildman–Crippen MR) is 53.3 cm³/mol.